The summed E-state index contributed by atoms with van der Waals surface area (Å²) in [6.07, 6.45) is 5.12. The summed E-state index contributed by atoms with van der Waals surface area (Å²) in [5.74, 6) is 0.951. The van der Waals surface area contributed by atoms with E-state index in [1.165, 1.54) is 0 Å². The van der Waals surface area contributed by atoms with Gasteiger partial charge in [0.25, 0.3) is 0 Å². The van der Waals surface area contributed by atoms with Crippen LogP contribution in [0.4, 0.5) is 4.79 Å². The quantitative estimate of drug-likeness (QED) is 0.835. The molecule has 4 rings (SSSR count). The number of imidazole rings is 1. The van der Waals surface area contributed by atoms with Crippen LogP contribution in [0.25, 0.3) is 5.52 Å². The Hall–Kier alpha value is -2.57. The molecule has 2 amide bonds. The molecule has 3 heterocycles. The van der Waals surface area contributed by atoms with E-state index in [1.807, 2.05) is 57.5 Å². The molecule has 3 atom stereocenters. The monoisotopic (exact) mass is 412 g/mol. The molecule has 1 saturated carbocycles. The van der Waals surface area contributed by atoms with Gasteiger partial charge in [-0.2, -0.15) is 0 Å². The molecule has 0 radical (unpaired) electrons. The van der Waals surface area contributed by atoms with Crippen molar-refractivity contribution >= 4 is 17.5 Å². The number of nitrogens with one attached hydrogen (secondary N) is 1. The number of fused-ring (bicyclic) bond motifs is 3. The maximum Gasteiger partial charge on any atom is 0.410 e. The van der Waals surface area contributed by atoms with E-state index >= 15 is 0 Å². The number of hydrogen-bond acceptors (Lipinski definition) is 4. The highest BCUT2D eigenvalue weighted by molar-refractivity contribution is 5.81. The predicted octanol–water partition coefficient (Wildman–Crippen LogP) is 3.64. The third kappa shape index (κ3) is 3.66. The number of carbonyl (C=O) groups is 2. The highest BCUT2D eigenvalue weighted by Crippen LogP contribution is 2.43. The largest absolute Gasteiger partial charge is 0.444 e. The normalized spacial score (nSPS) is 23.8. The van der Waals surface area contributed by atoms with E-state index < -0.39 is 11.1 Å². The number of rotatable bonds is 3. The van der Waals surface area contributed by atoms with Crippen molar-refractivity contribution in [1.29, 1.82) is 0 Å². The maximum absolute atomic E-state index is 13.2. The summed E-state index contributed by atoms with van der Waals surface area (Å²) < 4.78 is 7.57. The number of aromatic nitrogens is 2. The van der Waals surface area contributed by atoms with E-state index in [0.29, 0.717) is 13.0 Å². The average Bonchev–Trinajstić information content (AvgIpc) is 3.33. The zero-order chi connectivity index (χ0) is 21.8. The minimum atomic E-state index is -0.607. The lowest BCUT2D eigenvalue weighted by Crippen LogP contribution is -2.49. The highest BCUT2D eigenvalue weighted by atomic mass is 16.6. The van der Waals surface area contributed by atoms with Crippen LogP contribution in [0.3, 0.4) is 0 Å². The van der Waals surface area contributed by atoms with E-state index in [1.54, 1.807) is 4.90 Å². The van der Waals surface area contributed by atoms with Gasteiger partial charge in [-0.05, 0) is 71.9 Å². The molecule has 0 spiro atoms. The van der Waals surface area contributed by atoms with Gasteiger partial charge in [-0.1, -0.05) is 6.07 Å². The first-order chi connectivity index (χ1) is 14.0. The zero-order valence-corrected chi connectivity index (χ0v) is 18.7. The smallest absolute Gasteiger partial charge is 0.410 e. The van der Waals surface area contributed by atoms with Gasteiger partial charge < -0.3 is 19.4 Å². The average molecular weight is 413 g/mol. The standard InChI is InChI=1S/C23H32N4O3/c1-14-8-7-9-26-18(14)12-24-20(26)23(5,6)25-19(28)17-11-16-10-15(17)13-27(16)21(29)30-22(2,3)4/h7-9,12,15-17H,10-11,13H2,1-6H3,(H,25,28). The molecule has 7 heteroatoms. The fraction of sp³-hybridized carbons (Fsp3) is 0.609. The van der Waals surface area contributed by atoms with Crippen LogP contribution in [0.5, 0.6) is 0 Å². The molecule has 0 aromatic carbocycles. The van der Waals surface area contributed by atoms with Crippen molar-refractivity contribution in [3.05, 3.63) is 35.9 Å². The van der Waals surface area contributed by atoms with Gasteiger partial charge in [0.1, 0.15) is 11.4 Å². The molecule has 1 aliphatic heterocycles. The van der Waals surface area contributed by atoms with Crippen LogP contribution in [0.15, 0.2) is 24.5 Å². The first-order valence-electron chi connectivity index (χ1n) is 10.7. The third-order valence-electron chi connectivity index (χ3n) is 6.28. The second kappa shape index (κ2) is 7.00. The molecule has 2 bridgehead atoms. The Morgan fingerprint density at radius 3 is 2.57 bits per heavy atom. The molecule has 162 valence electrons. The van der Waals surface area contributed by atoms with E-state index in [0.717, 1.165) is 23.3 Å². The Morgan fingerprint density at radius 2 is 1.93 bits per heavy atom. The third-order valence-corrected chi connectivity index (χ3v) is 6.28. The van der Waals surface area contributed by atoms with Crippen LogP contribution in [0.1, 0.15) is 58.8 Å². The van der Waals surface area contributed by atoms with Gasteiger partial charge in [0.15, 0.2) is 0 Å². The lowest BCUT2D eigenvalue weighted by Gasteiger charge is -2.34. The van der Waals surface area contributed by atoms with Gasteiger partial charge in [-0.3, -0.25) is 4.79 Å². The second-order valence-corrected chi connectivity index (χ2v) is 10.3. The Balaban J connectivity index is 1.44. The van der Waals surface area contributed by atoms with E-state index in [-0.39, 0.29) is 29.9 Å². The van der Waals surface area contributed by atoms with E-state index in [2.05, 4.69) is 23.3 Å². The lowest BCUT2D eigenvalue weighted by molar-refractivity contribution is -0.128. The molecule has 2 aromatic heterocycles. The van der Waals surface area contributed by atoms with Crippen LogP contribution in [-0.4, -0.2) is 44.5 Å². The first kappa shape index (κ1) is 20.7. The van der Waals surface area contributed by atoms with Gasteiger partial charge in [0.05, 0.1) is 17.3 Å². The molecule has 2 aromatic rings. The van der Waals surface area contributed by atoms with Crippen molar-refractivity contribution in [3.63, 3.8) is 0 Å². The predicted molar refractivity (Wildman–Crippen MR) is 114 cm³/mol. The molecule has 2 fully saturated rings. The number of amides is 2. The summed E-state index contributed by atoms with van der Waals surface area (Å²) in [4.78, 5) is 32.0. The number of pyridine rings is 1. The van der Waals surface area contributed by atoms with Crippen molar-refractivity contribution in [2.45, 2.75) is 71.6 Å². The minimum absolute atomic E-state index is 0.0424. The Morgan fingerprint density at radius 1 is 1.20 bits per heavy atom. The SMILES string of the molecule is Cc1cccn2c(C(C)(C)NC(=O)C3CC4CC3CN4C(=O)OC(C)(C)C)ncc12. The Kier molecular flexibility index (Phi) is 4.83. The molecule has 2 aliphatic rings. The minimum Gasteiger partial charge on any atom is -0.444 e. The Labute approximate surface area is 177 Å². The lowest BCUT2D eigenvalue weighted by atomic mass is 9.92. The summed E-state index contributed by atoms with van der Waals surface area (Å²) in [5.41, 5.74) is 1.08. The van der Waals surface area contributed by atoms with Crippen molar-refractivity contribution in [2.75, 3.05) is 6.54 Å². The second-order valence-electron chi connectivity index (χ2n) is 10.3. The number of ether oxygens (including phenoxy) is 1. The number of nitrogens with zero attached hydrogens (tertiary/aromatic N) is 3. The number of hydrogen-bond donors (Lipinski definition) is 1. The number of likely N-dealkylation sites (tertiary alicyclic amines) is 1. The highest BCUT2D eigenvalue weighted by Gasteiger charge is 2.50. The molecular formula is C23H32N4O3. The van der Waals surface area contributed by atoms with E-state index in [9.17, 15) is 9.59 Å². The molecule has 7 nitrogen and oxygen atoms in total. The van der Waals surface area contributed by atoms with Crippen molar-refractivity contribution in [3.8, 4) is 0 Å². The maximum atomic E-state index is 13.2. The van der Waals surface area contributed by atoms with Gasteiger partial charge >= 0.3 is 6.09 Å². The molecule has 30 heavy (non-hydrogen) atoms. The summed E-state index contributed by atoms with van der Waals surface area (Å²) in [6.45, 7) is 12.2. The molecule has 1 saturated heterocycles. The topological polar surface area (TPSA) is 75.9 Å². The van der Waals surface area contributed by atoms with Crippen LogP contribution < -0.4 is 5.32 Å². The van der Waals surface area contributed by atoms with E-state index in [4.69, 9.17) is 4.74 Å². The summed E-state index contributed by atoms with van der Waals surface area (Å²) in [7, 11) is 0. The summed E-state index contributed by atoms with van der Waals surface area (Å²) in [6, 6.07) is 4.13. The van der Waals surface area contributed by atoms with Gasteiger partial charge in [-0.15, -0.1) is 0 Å². The molecule has 3 unspecified atom stereocenters. The fourth-order valence-corrected chi connectivity index (χ4v) is 4.90. The molecule has 1 N–H and O–H groups in total. The Bertz CT molecular complexity index is 988. The molecular weight excluding hydrogens is 380 g/mol. The first-order valence-corrected chi connectivity index (χ1v) is 10.7. The number of carbonyl (C=O) groups excluding carboxylic acids is 2. The van der Waals surface area contributed by atoms with Crippen LogP contribution >= 0.6 is 0 Å². The van der Waals surface area contributed by atoms with Crippen LogP contribution in [0.2, 0.25) is 0 Å². The summed E-state index contributed by atoms with van der Waals surface area (Å²) in [5, 5.41) is 3.22. The summed E-state index contributed by atoms with van der Waals surface area (Å²) >= 11 is 0. The van der Waals surface area contributed by atoms with Crippen LogP contribution in [-0.2, 0) is 15.1 Å². The van der Waals surface area contributed by atoms with Crippen LogP contribution in [0, 0.1) is 18.8 Å². The van der Waals surface area contributed by atoms with Crippen molar-refractivity contribution in [1.82, 2.24) is 19.6 Å². The van der Waals surface area contributed by atoms with Gasteiger partial charge in [0, 0.05) is 24.7 Å². The molecule has 1 aliphatic carbocycles. The fourth-order valence-electron chi connectivity index (χ4n) is 4.90. The van der Waals surface area contributed by atoms with Crippen molar-refractivity contribution in [2.24, 2.45) is 11.8 Å². The van der Waals surface area contributed by atoms with Gasteiger partial charge in [-0.25, -0.2) is 9.78 Å². The van der Waals surface area contributed by atoms with Crippen molar-refractivity contribution < 1.29 is 14.3 Å². The number of aryl methyl sites for hydroxylation is 1. The number of piperidine rings is 1. The zero-order valence-electron chi connectivity index (χ0n) is 18.7. The van der Waals surface area contributed by atoms with Gasteiger partial charge in [0.2, 0.25) is 5.91 Å².